The van der Waals surface area contributed by atoms with Crippen LogP contribution in [0.5, 0.6) is 0 Å². The zero-order valence-electron chi connectivity index (χ0n) is 4.38. The predicted molar refractivity (Wildman–Crippen MR) is 24.3 cm³/mol. The maximum absolute atomic E-state index is 9.00. The smallest absolute Gasteiger partial charge is 0.300 e. The van der Waals surface area contributed by atoms with Gasteiger partial charge in [0.25, 0.3) is 5.97 Å². The van der Waals surface area contributed by atoms with E-state index in [9.17, 15) is 0 Å². The van der Waals surface area contributed by atoms with Crippen molar-refractivity contribution in [2.75, 3.05) is 0 Å². The van der Waals surface area contributed by atoms with E-state index in [1.807, 2.05) is 0 Å². The molecule has 0 aromatic rings. The van der Waals surface area contributed by atoms with Crippen molar-refractivity contribution < 1.29 is 26.4 Å². The third-order valence-corrected chi connectivity index (χ3v) is 0. The molecule has 0 saturated heterocycles. The summed E-state index contributed by atoms with van der Waals surface area (Å²) in [4.78, 5) is 9.00. The average molecular weight is 148 g/mol. The van der Waals surface area contributed by atoms with E-state index in [2.05, 4.69) is 6.92 Å². The molecular formula is C4H9NiO2-. The van der Waals surface area contributed by atoms with Gasteiger partial charge in [-0.3, -0.25) is 4.79 Å². The SMILES string of the molecule is CC(=O)O.[CH2-]C.[Ni]. The molecule has 1 N–H and O–H groups in total. The molecule has 3 heteroatoms. The van der Waals surface area contributed by atoms with Gasteiger partial charge in [-0.05, 0) is 0 Å². The molecule has 0 aromatic heterocycles. The molecule has 0 unspecified atom stereocenters. The van der Waals surface area contributed by atoms with E-state index >= 15 is 0 Å². The van der Waals surface area contributed by atoms with Crippen molar-refractivity contribution in [3.05, 3.63) is 6.92 Å². The first kappa shape index (κ1) is 15.8. The van der Waals surface area contributed by atoms with Crippen LogP contribution in [0.2, 0.25) is 0 Å². The molecule has 0 spiro atoms. The first-order valence-corrected chi connectivity index (χ1v) is 1.63. The van der Waals surface area contributed by atoms with Crippen molar-refractivity contribution in [3.8, 4) is 0 Å². The summed E-state index contributed by atoms with van der Waals surface area (Å²) in [6.07, 6.45) is 0. The summed E-state index contributed by atoms with van der Waals surface area (Å²) in [5.74, 6) is -0.833. The number of hydrogen-bond acceptors (Lipinski definition) is 1. The van der Waals surface area contributed by atoms with Gasteiger partial charge in [-0.15, -0.1) is 0 Å². The molecule has 48 valence electrons. The third kappa shape index (κ3) is 70300. The van der Waals surface area contributed by atoms with E-state index < -0.39 is 5.97 Å². The van der Waals surface area contributed by atoms with Crippen molar-refractivity contribution in [3.63, 3.8) is 0 Å². The summed E-state index contributed by atoms with van der Waals surface area (Å²) in [5, 5.41) is 7.42. The zero-order valence-corrected chi connectivity index (χ0v) is 5.37. The first-order chi connectivity index (χ1) is 2.73. The maximum Gasteiger partial charge on any atom is 0.300 e. The van der Waals surface area contributed by atoms with Gasteiger partial charge in [-0.2, -0.15) is 6.92 Å². The second kappa shape index (κ2) is 16.7. The van der Waals surface area contributed by atoms with Crippen LogP contribution in [0.1, 0.15) is 13.8 Å². The van der Waals surface area contributed by atoms with Crippen LogP contribution < -0.4 is 0 Å². The molecule has 0 heterocycles. The summed E-state index contributed by atoms with van der Waals surface area (Å²) < 4.78 is 0. The van der Waals surface area contributed by atoms with E-state index in [4.69, 9.17) is 9.90 Å². The molecule has 0 amide bonds. The maximum atomic E-state index is 9.00. The van der Waals surface area contributed by atoms with E-state index in [1.54, 1.807) is 6.92 Å². The fourth-order valence-electron chi connectivity index (χ4n) is 0. The minimum atomic E-state index is -0.833. The Balaban J connectivity index is -0.0000000480. The molecule has 0 saturated carbocycles. The van der Waals surface area contributed by atoms with Crippen LogP contribution in [-0.2, 0) is 21.3 Å². The molecule has 0 aliphatic carbocycles. The number of rotatable bonds is 0. The Kier molecular flexibility index (Phi) is 37.7. The van der Waals surface area contributed by atoms with Crippen LogP contribution in [0, 0.1) is 6.92 Å². The molecule has 2 nitrogen and oxygen atoms in total. The van der Waals surface area contributed by atoms with Crippen molar-refractivity contribution in [1.82, 2.24) is 0 Å². The van der Waals surface area contributed by atoms with Crippen LogP contribution in [0.15, 0.2) is 0 Å². The summed E-state index contributed by atoms with van der Waals surface area (Å²) in [6, 6.07) is 0. The topological polar surface area (TPSA) is 37.3 Å². The summed E-state index contributed by atoms with van der Waals surface area (Å²) in [7, 11) is 0. The minimum Gasteiger partial charge on any atom is -0.481 e. The van der Waals surface area contributed by atoms with Gasteiger partial charge in [-0.25, -0.2) is 0 Å². The van der Waals surface area contributed by atoms with E-state index in [1.165, 1.54) is 0 Å². The normalized spacial score (nSPS) is 4.43. The molecule has 0 bridgehead atoms. The molecule has 7 heavy (non-hydrogen) atoms. The molecule has 0 radical (unpaired) electrons. The number of carboxylic acids is 1. The van der Waals surface area contributed by atoms with Gasteiger partial charge in [0.15, 0.2) is 0 Å². The summed E-state index contributed by atoms with van der Waals surface area (Å²) in [5.41, 5.74) is 0. The Morgan fingerprint density at radius 2 is 1.57 bits per heavy atom. The summed E-state index contributed by atoms with van der Waals surface area (Å²) in [6.45, 7) is 6.08. The van der Waals surface area contributed by atoms with Gasteiger partial charge in [0.2, 0.25) is 0 Å². The second-order valence-electron chi connectivity index (χ2n) is 0.519. The minimum absolute atomic E-state index is 0. The number of aliphatic carboxylic acids is 1. The Morgan fingerprint density at radius 1 is 1.57 bits per heavy atom. The van der Waals surface area contributed by atoms with Gasteiger partial charge in [0.05, 0.1) is 0 Å². The van der Waals surface area contributed by atoms with Gasteiger partial charge < -0.3 is 12.0 Å². The molecule has 0 fully saturated rings. The Labute approximate surface area is 53.8 Å². The fourth-order valence-corrected chi connectivity index (χ4v) is 0. The molecular weight excluding hydrogens is 139 g/mol. The van der Waals surface area contributed by atoms with E-state index in [0.717, 1.165) is 6.92 Å². The van der Waals surface area contributed by atoms with Crippen LogP contribution in [-0.4, -0.2) is 11.1 Å². The standard InChI is InChI=1S/C2H4O2.C2H5.Ni/c1-2(3)4;1-2;/h1H3,(H,3,4);1H2,2H3;/q;-1;. The van der Waals surface area contributed by atoms with Crippen LogP contribution in [0.4, 0.5) is 0 Å². The van der Waals surface area contributed by atoms with Crippen LogP contribution in [0.3, 0.4) is 0 Å². The van der Waals surface area contributed by atoms with Crippen molar-refractivity contribution in [1.29, 1.82) is 0 Å². The van der Waals surface area contributed by atoms with Gasteiger partial charge in [0, 0.05) is 23.4 Å². The molecule has 0 atom stereocenters. The molecule has 0 aromatic carbocycles. The van der Waals surface area contributed by atoms with E-state index in [0.29, 0.717) is 0 Å². The van der Waals surface area contributed by atoms with Gasteiger partial charge in [-0.1, -0.05) is 0 Å². The third-order valence-electron chi connectivity index (χ3n) is 0. The van der Waals surface area contributed by atoms with Crippen molar-refractivity contribution >= 4 is 5.97 Å². The fraction of sp³-hybridized carbons (Fsp3) is 0.500. The van der Waals surface area contributed by atoms with E-state index in [-0.39, 0.29) is 16.5 Å². The largest absolute Gasteiger partial charge is 0.481 e. The number of carbonyl (C=O) groups is 1. The molecule has 0 rings (SSSR count). The number of hydrogen-bond donors (Lipinski definition) is 1. The van der Waals surface area contributed by atoms with Gasteiger partial charge >= 0.3 is 0 Å². The Morgan fingerprint density at radius 3 is 1.57 bits per heavy atom. The molecule has 0 aliphatic rings. The van der Waals surface area contributed by atoms with Gasteiger partial charge in [0.1, 0.15) is 0 Å². The quantitative estimate of drug-likeness (QED) is 0.409. The van der Waals surface area contributed by atoms with Crippen LogP contribution in [0.25, 0.3) is 0 Å². The summed E-state index contributed by atoms with van der Waals surface area (Å²) >= 11 is 0. The van der Waals surface area contributed by atoms with Crippen molar-refractivity contribution in [2.45, 2.75) is 13.8 Å². The average Bonchev–Trinajstić information content (AvgIpc) is 1.41. The number of carboxylic acid groups (broad SMARTS) is 1. The monoisotopic (exact) mass is 147 g/mol. The van der Waals surface area contributed by atoms with Crippen molar-refractivity contribution in [2.24, 2.45) is 0 Å². The molecule has 0 aliphatic heterocycles. The Bertz CT molecular complexity index is 32.7. The Hall–Kier alpha value is -0.0365. The first-order valence-electron chi connectivity index (χ1n) is 1.63. The van der Waals surface area contributed by atoms with Crippen LogP contribution >= 0.6 is 0 Å². The predicted octanol–water partition coefficient (Wildman–Crippen LogP) is 0.929. The zero-order chi connectivity index (χ0) is 5.58. The second-order valence-corrected chi connectivity index (χ2v) is 0.519.